The Kier molecular flexibility index (Phi) is 5.64. The van der Waals surface area contributed by atoms with E-state index in [0.717, 1.165) is 12.8 Å². The number of rotatable bonds is 7. The van der Waals surface area contributed by atoms with Crippen LogP contribution in [0.25, 0.3) is 0 Å². The zero-order valence-electron chi connectivity index (χ0n) is 9.61. The summed E-state index contributed by atoms with van der Waals surface area (Å²) < 4.78 is 5.06. The van der Waals surface area contributed by atoms with Gasteiger partial charge in [-0.1, -0.05) is 13.3 Å². The molecule has 1 amide bonds. The van der Waals surface area contributed by atoms with Gasteiger partial charge in [0, 0.05) is 13.0 Å². The molecule has 1 aromatic heterocycles. The van der Waals surface area contributed by atoms with Gasteiger partial charge in [0.05, 0.1) is 6.26 Å². The molecule has 0 aliphatic carbocycles. The highest BCUT2D eigenvalue weighted by atomic mass is 16.4. The van der Waals surface area contributed by atoms with Crippen LogP contribution in [0.2, 0.25) is 0 Å². The third-order valence-electron chi connectivity index (χ3n) is 2.37. The molecule has 0 saturated heterocycles. The quantitative estimate of drug-likeness (QED) is 0.746. The molecule has 0 aliphatic rings. The lowest BCUT2D eigenvalue weighted by Crippen LogP contribution is -2.25. The van der Waals surface area contributed by atoms with Crippen molar-refractivity contribution < 1.29 is 14.3 Å². The molecule has 4 heteroatoms. The Balaban J connectivity index is 2.13. The zero-order chi connectivity index (χ0) is 11.8. The molecule has 90 valence electrons. The number of hydrogen-bond acceptors (Lipinski definition) is 3. The van der Waals surface area contributed by atoms with Crippen molar-refractivity contribution in [2.45, 2.75) is 38.7 Å². The third kappa shape index (κ3) is 4.49. The SMILES string of the molecule is CCCCC(=O)NCCC(O)c1ccco1. The predicted molar refractivity (Wildman–Crippen MR) is 60.8 cm³/mol. The molecular formula is C12H19NO3. The van der Waals surface area contributed by atoms with Crippen LogP contribution < -0.4 is 5.32 Å². The van der Waals surface area contributed by atoms with Gasteiger partial charge in [-0.3, -0.25) is 4.79 Å². The van der Waals surface area contributed by atoms with E-state index in [2.05, 4.69) is 5.32 Å². The highest BCUT2D eigenvalue weighted by molar-refractivity contribution is 5.75. The fourth-order valence-corrected chi connectivity index (χ4v) is 1.40. The second kappa shape index (κ2) is 7.06. The number of carbonyl (C=O) groups excluding carboxylic acids is 1. The van der Waals surface area contributed by atoms with Crippen LogP contribution in [0.5, 0.6) is 0 Å². The topological polar surface area (TPSA) is 62.5 Å². The lowest BCUT2D eigenvalue weighted by Gasteiger charge is -2.08. The molecular weight excluding hydrogens is 206 g/mol. The molecule has 0 spiro atoms. The first-order valence-corrected chi connectivity index (χ1v) is 5.72. The first kappa shape index (κ1) is 12.8. The molecule has 0 saturated carbocycles. The summed E-state index contributed by atoms with van der Waals surface area (Å²) in [4.78, 5) is 11.3. The predicted octanol–water partition coefficient (Wildman–Crippen LogP) is 2.01. The molecule has 4 nitrogen and oxygen atoms in total. The van der Waals surface area contributed by atoms with Gasteiger partial charge in [-0.2, -0.15) is 0 Å². The van der Waals surface area contributed by atoms with Crippen molar-refractivity contribution in [3.8, 4) is 0 Å². The zero-order valence-corrected chi connectivity index (χ0v) is 9.61. The van der Waals surface area contributed by atoms with Crippen molar-refractivity contribution in [1.82, 2.24) is 5.32 Å². The van der Waals surface area contributed by atoms with E-state index in [1.165, 1.54) is 6.26 Å². The Morgan fingerprint density at radius 3 is 3.06 bits per heavy atom. The fraction of sp³-hybridized carbons (Fsp3) is 0.583. The van der Waals surface area contributed by atoms with Gasteiger partial charge in [0.15, 0.2) is 0 Å². The van der Waals surface area contributed by atoms with Gasteiger partial charge < -0.3 is 14.8 Å². The second-order valence-corrected chi connectivity index (χ2v) is 3.77. The summed E-state index contributed by atoms with van der Waals surface area (Å²) in [7, 11) is 0. The van der Waals surface area contributed by atoms with E-state index in [1.54, 1.807) is 12.1 Å². The van der Waals surface area contributed by atoms with Gasteiger partial charge in [-0.25, -0.2) is 0 Å². The fourth-order valence-electron chi connectivity index (χ4n) is 1.40. The lowest BCUT2D eigenvalue weighted by molar-refractivity contribution is -0.121. The normalized spacial score (nSPS) is 12.4. The Morgan fingerprint density at radius 2 is 2.44 bits per heavy atom. The van der Waals surface area contributed by atoms with E-state index in [0.29, 0.717) is 25.1 Å². The van der Waals surface area contributed by atoms with Gasteiger partial charge in [-0.15, -0.1) is 0 Å². The summed E-state index contributed by atoms with van der Waals surface area (Å²) in [6.07, 6.45) is 3.85. The maximum Gasteiger partial charge on any atom is 0.219 e. The average Bonchev–Trinajstić information content (AvgIpc) is 2.79. The molecule has 2 N–H and O–H groups in total. The van der Waals surface area contributed by atoms with E-state index in [4.69, 9.17) is 4.42 Å². The van der Waals surface area contributed by atoms with E-state index in [9.17, 15) is 9.90 Å². The molecule has 16 heavy (non-hydrogen) atoms. The summed E-state index contributed by atoms with van der Waals surface area (Å²) >= 11 is 0. The van der Waals surface area contributed by atoms with E-state index in [1.807, 2.05) is 6.92 Å². The summed E-state index contributed by atoms with van der Waals surface area (Å²) in [6, 6.07) is 3.46. The number of hydrogen-bond donors (Lipinski definition) is 2. The Morgan fingerprint density at radius 1 is 1.62 bits per heavy atom. The smallest absolute Gasteiger partial charge is 0.219 e. The van der Waals surface area contributed by atoms with E-state index >= 15 is 0 Å². The molecule has 0 radical (unpaired) electrons. The van der Waals surface area contributed by atoms with Crippen molar-refractivity contribution in [1.29, 1.82) is 0 Å². The van der Waals surface area contributed by atoms with Crippen LogP contribution in [-0.2, 0) is 4.79 Å². The standard InChI is InChI=1S/C12H19NO3/c1-2-3-6-12(15)13-8-7-10(14)11-5-4-9-16-11/h4-5,9-10,14H,2-3,6-8H2,1H3,(H,13,15). The Bertz CT molecular complexity index is 295. The molecule has 1 rings (SSSR count). The Labute approximate surface area is 95.7 Å². The molecule has 1 unspecified atom stereocenters. The summed E-state index contributed by atoms with van der Waals surface area (Å²) in [6.45, 7) is 2.53. The largest absolute Gasteiger partial charge is 0.467 e. The number of aliphatic hydroxyl groups is 1. The van der Waals surface area contributed by atoms with Crippen LogP contribution in [0, 0.1) is 0 Å². The molecule has 1 aromatic rings. The van der Waals surface area contributed by atoms with Crippen molar-refractivity contribution in [3.05, 3.63) is 24.2 Å². The molecule has 0 fully saturated rings. The summed E-state index contributed by atoms with van der Waals surface area (Å²) in [5.74, 6) is 0.594. The van der Waals surface area contributed by atoms with Crippen LogP contribution in [-0.4, -0.2) is 17.6 Å². The molecule has 0 aromatic carbocycles. The van der Waals surface area contributed by atoms with Crippen LogP contribution in [0.1, 0.15) is 44.5 Å². The first-order chi connectivity index (χ1) is 7.74. The highest BCUT2D eigenvalue weighted by Gasteiger charge is 2.10. The number of unbranched alkanes of at least 4 members (excludes halogenated alkanes) is 1. The van der Waals surface area contributed by atoms with Crippen LogP contribution in [0.15, 0.2) is 22.8 Å². The second-order valence-electron chi connectivity index (χ2n) is 3.77. The van der Waals surface area contributed by atoms with Crippen molar-refractivity contribution >= 4 is 5.91 Å². The van der Waals surface area contributed by atoms with Gasteiger partial charge >= 0.3 is 0 Å². The molecule has 1 heterocycles. The maximum atomic E-state index is 11.3. The third-order valence-corrected chi connectivity index (χ3v) is 2.37. The number of aliphatic hydroxyl groups excluding tert-OH is 1. The van der Waals surface area contributed by atoms with Crippen molar-refractivity contribution in [2.75, 3.05) is 6.54 Å². The van der Waals surface area contributed by atoms with Gasteiger partial charge in [0.25, 0.3) is 0 Å². The Hall–Kier alpha value is -1.29. The summed E-state index contributed by atoms with van der Waals surface area (Å²) in [5.41, 5.74) is 0. The van der Waals surface area contributed by atoms with Crippen molar-refractivity contribution in [2.24, 2.45) is 0 Å². The van der Waals surface area contributed by atoms with Gasteiger partial charge in [0.2, 0.25) is 5.91 Å². The van der Waals surface area contributed by atoms with Crippen LogP contribution in [0.4, 0.5) is 0 Å². The first-order valence-electron chi connectivity index (χ1n) is 5.72. The summed E-state index contributed by atoms with van der Waals surface area (Å²) in [5, 5.41) is 12.4. The minimum absolute atomic E-state index is 0.0495. The molecule has 1 atom stereocenters. The van der Waals surface area contributed by atoms with Gasteiger partial charge in [-0.05, 0) is 25.0 Å². The molecule has 0 aliphatic heterocycles. The maximum absolute atomic E-state index is 11.3. The number of amides is 1. The highest BCUT2D eigenvalue weighted by Crippen LogP contribution is 2.15. The van der Waals surface area contributed by atoms with E-state index in [-0.39, 0.29) is 5.91 Å². The average molecular weight is 225 g/mol. The molecule has 0 bridgehead atoms. The number of nitrogens with one attached hydrogen (secondary N) is 1. The van der Waals surface area contributed by atoms with Crippen molar-refractivity contribution in [3.63, 3.8) is 0 Å². The number of furan rings is 1. The van der Waals surface area contributed by atoms with Crippen LogP contribution in [0.3, 0.4) is 0 Å². The van der Waals surface area contributed by atoms with Gasteiger partial charge in [0.1, 0.15) is 11.9 Å². The monoisotopic (exact) mass is 225 g/mol. The van der Waals surface area contributed by atoms with Crippen LogP contribution >= 0.6 is 0 Å². The minimum atomic E-state index is -0.638. The minimum Gasteiger partial charge on any atom is -0.467 e. The van der Waals surface area contributed by atoms with E-state index < -0.39 is 6.10 Å². The number of carbonyl (C=O) groups is 1. The lowest BCUT2D eigenvalue weighted by atomic mass is 10.2.